The van der Waals surface area contributed by atoms with E-state index < -0.39 is 0 Å². The zero-order valence-electron chi connectivity index (χ0n) is 14.0. The molecule has 128 valence electrons. The Bertz CT molecular complexity index is 654. The van der Waals surface area contributed by atoms with Crippen LogP contribution in [0.3, 0.4) is 0 Å². The van der Waals surface area contributed by atoms with Crippen LogP contribution in [0.1, 0.15) is 31.4 Å². The minimum absolute atomic E-state index is 0.215. The lowest BCUT2D eigenvalue weighted by Crippen LogP contribution is -2.42. The number of nitrogens with zero attached hydrogens (tertiary/aromatic N) is 3. The van der Waals surface area contributed by atoms with Gasteiger partial charge < -0.3 is 5.32 Å². The van der Waals surface area contributed by atoms with Crippen LogP contribution in [0.25, 0.3) is 5.69 Å². The molecule has 2 aliphatic rings. The summed E-state index contributed by atoms with van der Waals surface area (Å²) < 4.78 is 15.0. The Morgan fingerprint density at radius 2 is 1.79 bits per heavy atom. The Morgan fingerprint density at radius 3 is 2.50 bits per heavy atom. The summed E-state index contributed by atoms with van der Waals surface area (Å²) in [6.45, 7) is 4.35. The molecule has 1 aromatic carbocycles. The van der Waals surface area contributed by atoms with Crippen LogP contribution in [0.2, 0.25) is 0 Å². The molecule has 1 aromatic heterocycles. The van der Waals surface area contributed by atoms with Crippen LogP contribution in [-0.2, 0) is 6.54 Å². The summed E-state index contributed by atoms with van der Waals surface area (Å²) in [5.74, 6) is 0.737. The Kier molecular flexibility index (Phi) is 4.63. The third-order valence-electron chi connectivity index (χ3n) is 5.16. The maximum atomic E-state index is 13.1. The second-order valence-corrected chi connectivity index (χ2v) is 7.11. The van der Waals surface area contributed by atoms with Gasteiger partial charge in [0.1, 0.15) is 5.82 Å². The molecule has 1 aliphatic carbocycles. The number of piperidine rings is 1. The van der Waals surface area contributed by atoms with Crippen molar-refractivity contribution in [3.8, 4) is 5.69 Å². The fourth-order valence-corrected chi connectivity index (χ4v) is 3.44. The predicted molar refractivity (Wildman–Crippen MR) is 92.5 cm³/mol. The molecular weight excluding hydrogens is 303 g/mol. The van der Waals surface area contributed by atoms with Crippen LogP contribution in [0, 0.1) is 11.7 Å². The maximum absolute atomic E-state index is 13.1. The van der Waals surface area contributed by atoms with Gasteiger partial charge in [0.2, 0.25) is 0 Å². The van der Waals surface area contributed by atoms with Crippen LogP contribution in [0.4, 0.5) is 4.39 Å². The molecule has 4 nitrogen and oxygen atoms in total. The Balaban J connectivity index is 1.33. The molecule has 0 radical (unpaired) electrons. The van der Waals surface area contributed by atoms with Gasteiger partial charge >= 0.3 is 0 Å². The van der Waals surface area contributed by atoms with E-state index >= 15 is 0 Å². The van der Waals surface area contributed by atoms with Gasteiger partial charge in [0.25, 0.3) is 0 Å². The molecule has 0 unspecified atom stereocenters. The van der Waals surface area contributed by atoms with Gasteiger partial charge in [0.05, 0.1) is 11.4 Å². The lowest BCUT2D eigenvalue weighted by molar-refractivity contribution is 0.187. The predicted octanol–water partition coefficient (Wildman–Crippen LogP) is 2.98. The van der Waals surface area contributed by atoms with Crippen molar-refractivity contribution >= 4 is 0 Å². The molecule has 0 atom stereocenters. The zero-order chi connectivity index (χ0) is 16.4. The van der Waals surface area contributed by atoms with Crippen LogP contribution in [-0.4, -0.2) is 40.4 Å². The van der Waals surface area contributed by atoms with E-state index in [-0.39, 0.29) is 5.82 Å². The van der Waals surface area contributed by atoms with Crippen LogP contribution in [0.15, 0.2) is 36.5 Å². The Hall–Kier alpha value is -1.72. The smallest absolute Gasteiger partial charge is 0.123 e. The molecule has 0 spiro atoms. The summed E-state index contributed by atoms with van der Waals surface area (Å²) in [7, 11) is 0. The molecule has 5 heteroatoms. The number of nitrogens with one attached hydrogen (secondary N) is 1. The van der Waals surface area contributed by atoms with E-state index in [1.54, 1.807) is 12.1 Å². The third kappa shape index (κ3) is 3.84. The monoisotopic (exact) mass is 328 g/mol. The Morgan fingerprint density at radius 1 is 1.04 bits per heavy atom. The highest BCUT2D eigenvalue weighted by atomic mass is 19.1. The number of hydrogen-bond acceptors (Lipinski definition) is 3. The van der Waals surface area contributed by atoms with Gasteiger partial charge in [-0.25, -0.2) is 9.07 Å². The van der Waals surface area contributed by atoms with Crippen molar-refractivity contribution in [2.24, 2.45) is 5.92 Å². The summed E-state index contributed by atoms with van der Waals surface area (Å²) in [4.78, 5) is 2.49. The molecule has 4 rings (SSSR count). The highest BCUT2D eigenvalue weighted by molar-refractivity contribution is 5.32. The van der Waals surface area contributed by atoms with Gasteiger partial charge in [0.15, 0.2) is 0 Å². The minimum atomic E-state index is -0.215. The summed E-state index contributed by atoms with van der Waals surface area (Å²) in [5, 5.41) is 8.13. The lowest BCUT2D eigenvalue weighted by atomic mass is 10.0. The molecule has 2 heterocycles. The molecule has 1 aliphatic heterocycles. The molecule has 1 N–H and O–H groups in total. The van der Waals surface area contributed by atoms with Gasteiger partial charge in [0, 0.05) is 31.9 Å². The average molecular weight is 328 g/mol. The molecule has 1 saturated heterocycles. The summed E-state index contributed by atoms with van der Waals surface area (Å²) in [6, 6.07) is 9.26. The number of aromatic nitrogens is 2. The molecular formula is C19H25FN4. The van der Waals surface area contributed by atoms with Crippen molar-refractivity contribution in [2.75, 3.05) is 19.6 Å². The number of hydrogen-bond donors (Lipinski definition) is 1. The molecule has 0 amide bonds. The maximum Gasteiger partial charge on any atom is 0.123 e. The van der Waals surface area contributed by atoms with Crippen molar-refractivity contribution in [2.45, 2.75) is 38.3 Å². The standard InChI is InChI=1S/C19H25FN4/c20-16-3-5-18(6-4-16)24-19(7-10-22-24)14-23-11-8-17(9-12-23)21-13-15-1-2-15/h3-7,10,15,17,21H,1-2,8-9,11-14H2. The largest absolute Gasteiger partial charge is 0.314 e. The average Bonchev–Trinajstić information content (AvgIpc) is 3.33. The summed E-state index contributed by atoms with van der Waals surface area (Å²) in [6.07, 6.45) is 7.09. The first kappa shape index (κ1) is 15.8. The van der Waals surface area contributed by atoms with Gasteiger partial charge in [-0.1, -0.05) is 0 Å². The van der Waals surface area contributed by atoms with Crippen molar-refractivity contribution in [3.63, 3.8) is 0 Å². The SMILES string of the molecule is Fc1ccc(-n2nccc2CN2CCC(NCC3CC3)CC2)cc1. The zero-order valence-corrected chi connectivity index (χ0v) is 14.0. The van der Waals surface area contributed by atoms with Crippen LogP contribution < -0.4 is 5.32 Å². The van der Waals surface area contributed by atoms with Crippen molar-refractivity contribution in [1.29, 1.82) is 0 Å². The highest BCUT2D eigenvalue weighted by Crippen LogP contribution is 2.28. The summed E-state index contributed by atoms with van der Waals surface area (Å²) in [5.41, 5.74) is 2.07. The van der Waals surface area contributed by atoms with Crippen molar-refractivity contribution in [3.05, 3.63) is 48.0 Å². The van der Waals surface area contributed by atoms with E-state index in [0.717, 1.165) is 36.9 Å². The normalized spacial score (nSPS) is 19.7. The highest BCUT2D eigenvalue weighted by Gasteiger charge is 2.24. The number of halogens is 1. The third-order valence-corrected chi connectivity index (χ3v) is 5.16. The van der Waals surface area contributed by atoms with Crippen molar-refractivity contribution < 1.29 is 4.39 Å². The van der Waals surface area contributed by atoms with Crippen LogP contribution >= 0.6 is 0 Å². The van der Waals surface area contributed by atoms with Crippen molar-refractivity contribution in [1.82, 2.24) is 20.0 Å². The fraction of sp³-hybridized carbons (Fsp3) is 0.526. The first-order valence-electron chi connectivity index (χ1n) is 9.02. The number of rotatable bonds is 6. The minimum Gasteiger partial charge on any atom is -0.314 e. The first-order valence-corrected chi connectivity index (χ1v) is 9.02. The van der Waals surface area contributed by atoms with E-state index in [9.17, 15) is 4.39 Å². The number of likely N-dealkylation sites (tertiary alicyclic amines) is 1. The Labute approximate surface area is 142 Å². The van der Waals surface area contributed by atoms with Gasteiger partial charge in [-0.05, 0) is 68.5 Å². The topological polar surface area (TPSA) is 33.1 Å². The molecule has 0 bridgehead atoms. The molecule has 1 saturated carbocycles. The molecule has 2 fully saturated rings. The van der Waals surface area contributed by atoms with Gasteiger partial charge in [-0.15, -0.1) is 0 Å². The van der Waals surface area contributed by atoms with E-state index in [0.29, 0.717) is 6.04 Å². The van der Waals surface area contributed by atoms with Crippen LogP contribution in [0.5, 0.6) is 0 Å². The fourth-order valence-electron chi connectivity index (χ4n) is 3.44. The second kappa shape index (κ2) is 7.03. The number of benzene rings is 1. The van der Waals surface area contributed by atoms with Gasteiger partial charge in [-0.2, -0.15) is 5.10 Å². The quantitative estimate of drug-likeness (QED) is 0.885. The molecule has 24 heavy (non-hydrogen) atoms. The van der Waals surface area contributed by atoms with E-state index in [4.69, 9.17) is 0 Å². The van der Waals surface area contributed by atoms with Gasteiger partial charge in [-0.3, -0.25) is 4.90 Å². The first-order chi connectivity index (χ1) is 11.8. The van der Waals surface area contributed by atoms with E-state index in [1.807, 2.05) is 10.9 Å². The molecule has 2 aromatic rings. The van der Waals surface area contributed by atoms with E-state index in [1.165, 1.54) is 44.4 Å². The summed E-state index contributed by atoms with van der Waals surface area (Å²) >= 11 is 0. The lowest BCUT2D eigenvalue weighted by Gasteiger charge is -2.32. The second-order valence-electron chi connectivity index (χ2n) is 7.11. The van der Waals surface area contributed by atoms with E-state index in [2.05, 4.69) is 21.4 Å².